The van der Waals surface area contributed by atoms with Crippen LogP contribution in [0.4, 0.5) is 0 Å². The van der Waals surface area contributed by atoms with Crippen LogP contribution in [0, 0.1) is 12.8 Å². The van der Waals surface area contributed by atoms with Crippen LogP contribution in [0.1, 0.15) is 62.4 Å². The van der Waals surface area contributed by atoms with Gasteiger partial charge >= 0.3 is 0 Å². The van der Waals surface area contributed by atoms with E-state index in [1.807, 2.05) is 12.1 Å². The Labute approximate surface area is 162 Å². The Hall–Kier alpha value is -2.46. The average Bonchev–Trinajstić information content (AvgIpc) is 3.16. The number of hydrogen-bond acceptors (Lipinski definition) is 4. The molecule has 3 aromatic rings. The highest BCUT2D eigenvalue weighted by Gasteiger charge is 2.22. The van der Waals surface area contributed by atoms with E-state index in [9.17, 15) is 0 Å². The molecular weight excluding hydrogens is 334 g/mol. The van der Waals surface area contributed by atoms with Crippen molar-refractivity contribution in [1.82, 2.24) is 15.5 Å². The maximum absolute atomic E-state index is 5.95. The number of aryl methyl sites for hydroxylation is 2. The van der Waals surface area contributed by atoms with E-state index in [1.54, 1.807) is 0 Å². The van der Waals surface area contributed by atoms with Crippen LogP contribution in [-0.4, -0.2) is 10.2 Å². The van der Waals surface area contributed by atoms with Gasteiger partial charge in [-0.3, -0.25) is 5.32 Å². The minimum atomic E-state index is -0.0330. The molecule has 0 fully saturated rings. The molecule has 0 bridgehead atoms. The van der Waals surface area contributed by atoms with Crippen molar-refractivity contribution in [2.75, 3.05) is 0 Å². The minimum absolute atomic E-state index is 0.0330. The molecule has 4 nitrogen and oxygen atoms in total. The highest BCUT2D eigenvalue weighted by molar-refractivity contribution is 5.53. The lowest BCUT2D eigenvalue weighted by Gasteiger charge is -2.25. The van der Waals surface area contributed by atoms with Gasteiger partial charge in [-0.1, -0.05) is 62.7 Å². The highest BCUT2D eigenvalue weighted by Crippen LogP contribution is 2.27. The van der Waals surface area contributed by atoms with Crippen molar-refractivity contribution in [2.24, 2.45) is 5.92 Å². The zero-order valence-corrected chi connectivity index (χ0v) is 16.9. The Morgan fingerprint density at radius 1 is 1.00 bits per heavy atom. The van der Waals surface area contributed by atoms with E-state index in [-0.39, 0.29) is 12.1 Å². The summed E-state index contributed by atoms with van der Waals surface area (Å²) >= 11 is 0. The third-order valence-electron chi connectivity index (χ3n) is 4.92. The van der Waals surface area contributed by atoms with Crippen molar-refractivity contribution in [1.29, 1.82) is 0 Å². The third kappa shape index (κ3) is 4.64. The number of hydrogen-bond donors (Lipinski definition) is 1. The zero-order chi connectivity index (χ0) is 19.4. The van der Waals surface area contributed by atoms with Crippen LogP contribution in [0.5, 0.6) is 0 Å². The Balaban J connectivity index is 1.77. The molecular formula is C23H29N3O. The monoisotopic (exact) mass is 363 g/mol. The molecule has 1 N–H and O–H groups in total. The van der Waals surface area contributed by atoms with E-state index in [4.69, 9.17) is 4.42 Å². The maximum Gasteiger partial charge on any atom is 0.247 e. The van der Waals surface area contributed by atoms with Gasteiger partial charge in [-0.15, -0.1) is 10.2 Å². The first-order valence-electron chi connectivity index (χ1n) is 9.73. The van der Waals surface area contributed by atoms with Gasteiger partial charge in [0.05, 0.1) is 6.04 Å². The molecule has 2 aromatic carbocycles. The lowest BCUT2D eigenvalue weighted by Crippen LogP contribution is -2.28. The number of nitrogens with one attached hydrogen (secondary N) is 1. The quantitative estimate of drug-likeness (QED) is 0.589. The lowest BCUT2D eigenvalue weighted by molar-refractivity contribution is 0.335. The molecule has 0 aliphatic rings. The van der Waals surface area contributed by atoms with Crippen LogP contribution in [0.25, 0.3) is 11.5 Å². The number of nitrogens with zero attached hydrogens (tertiary/aromatic N) is 2. The molecule has 1 aromatic heterocycles. The summed E-state index contributed by atoms with van der Waals surface area (Å²) in [7, 11) is 0. The number of aromatic nitrogens is 2. The smallest absolute Gasteiger partial charge is 0.247 e. The van der Waals surface area contributed by atoms with E-state index < -0.39 is 0 Å². The zero-order valence-electron chi connectivity index (χ0n) is 16.9. The Kier molecular flexibility index (Phi) is 6.07. The van der Waals surface area contributed by atoms with E-state index >= 15 is 0 Å². The highest BCUT2D eigenvalue weighted by atomic mass is 16.4. The molecule has 0 unspecified atom stereocenters. The van der Waals surface area contributed by atoms with Gasteiger partial charge in [-0.05, 0) is 49.4 Å². The fourth-order valence-electron chi connectivity index (χ4n) is 3.28. The van der Waals surface area contributed by atoms with Gasteiger partial charge in [-0.25, -0.2) is 0 Å². The summed E-state index contributed by atoms with van der Waals surface area (Å²) < 4.78 is 5.95. The van der Waals surface area contributed by atoms with Crippen LogP contribution in [0.2, 0.25) is 0 Å². The summed E-state index contributed by atoms with van der Waals surface area (Å²) in [4.78, 5) is 0. The van der Waals surface area contributed by atoms with Crippen LogP contribution < -0.4 is 5.32 Å². The standard InChI is InChI=1S/C23H29N3O/c1-6-18-10-12-19(13-11-18)21(15(2)3)24-17(5)22-25-26-23(27-22)20-9-7-8-16(4)14-20/h7-15,17,21,24H,6H2,1-5H3/t17-,21-/m1/s1. The molecule has 0 aliphatic carbocycles. The summed E-state index contributed by atoms with van der Waals surface area (Å²) in [5, 5.41) is 12.2. The fourth-order valence-corrected chi connectivity index (χ4v) is 3.28. The van der Waals surface area contributed by atoms with Crippen LogP contribution in [0.15, 0.2) is 52.9 Å². The van der Waals surface area contributed by atoms with Gasteiger partial charge < -0.3 is 4.42 Å². The molecule has 2 atom stereocenters. The largest absolute Gasteiger partial charge is 0.419 e. The molecule has 0 amide bonds. The summed E-state index contributed by atoms with van der Waals surface area (Å²) in [6.07, 6.45) is 1.06. The van der Waals surface area contributed by atoms with Crippen molar-refractivity contribution in [3.8, 4) is 11.5 Å². The number of rotatable bonds is 7. The van der Waals surface area contributed by atoms with Crippen LogP contribution in [-0.2, 0) is 6.42 Å². The normalized spacial score (nSPS) is 13.7. The second-order valence-electron chi connectivity index (χ2n) is 7.52. The van der Waals surface area contributed by atoms with Crippen molar-refractivity contribution in [2.45, 2.75) is 53.1 Å². The Bertz CT molecular complexity index is 867. The fraction of sp³-hybridized carbons (Fsp3) is 0.391. The Morgan fingerprint density at radius 2 is 1.74 bits per heavy atom. The first kappa shape index (κ1) is 19.3. The third-order valence-corrected chi connectivity index (χ3v) is 4.92. The molecule has 4 heteroatoms. The topological polar surface area (TPSA) is 51.0 Å². The SMILES string of the molecule is CCc1ccc([C@H](N[C@H](C)c2nnc(-c3cccc(C)c3)o2)C(C)C)cc1. The van der Waals surface area contributed by atoms with Gasteiger partial charge in [-0.2, -0.15) is 0 Å². The average molecular weight is 364 g/mol. The predicted molar refractivity (Wildman–Crippen MR) is 109 cm³/mol. The van der Waals surface area contributed by atoms with Crippen LogP contribution in [0.3, 0.4) is 0 Å². The molecule has 3 rings (SSSR count). The van der Waals surface area contributed by atoms with Crippen LogP contribution >= 0.6 is 0 Å². The Morgan fingerprint density at radius 3 is 2.37 bits per heavy atom. The van der Waals surface area contributed by atoms with Crippen molar-refractivity contribution < 1.29 is 4.42 Å². The van der Waals surface area contributed by atoms with E-state index in [1.165, 1.54) is 16.7 Å². The van der Waals surface area contributed by atoms with Crippen molar-refractivity contribution in [3.05, 3.63) is 71.1 Å². The summed E-state index contributed by atoms with van der Waals surface area (Å²) in [5.41, 5.74) is 4.77. The second-order valence-corrected chi connectivity index (χ2v) is 7.52. The molecule has 0 saturated heterocycles. The van der Waals surface area contributed by atoms with E-state index in [0.29, 0.717) is 17.7 Å². The molecule has 27 heavy (non-hydrogen) atoms. The molecule has 1 heterocycles. The summed E-state index contributed by atoms with van der Waals surface area (Å²) in [5.74, 6) is 1.62. The van der Waals surface area contributed by atoms with Gasteiger partial charge in [0.2, 0.25) is 11.8 Å². The van der Waals surface area contributed by atoms with Gasteiger partial charge in [0.25, 0.3) is 0 Å². The lowest BCUT2D eigenvalue weighted by atomic mass is 9.94. The molecule has 0 saturated carbocycles. The number of benzene rings is 2. The maximum atomic E-state index is 5.95. The molecule has 0 radical (unpaired) electrons. The van der Waals surface area contributed by atoms with Gasteiger partial charge in [0, 0.05) is 11.6 Å². The first-order valence-corrected chi connectivity index (χ1v) is 9.73. The van der Waals surface area contributed by atoms with E-state index in [0.717, 1.165) is 12.0 Å². The van der Waals surface area contributed by atoms with E-state index in [2.05, 4.69) is 86.5 Å². The predicted octanol–water partition coefficient (Wildman–Crippen LogP) is 5.66. The summed E-state index contributed by atoms with van der Waals surface area (Å²) in [6, 6.07) is 17.2. The van der Waals surface area contributed by atoms with Gasteiger partial charge in [0.1, 0.15) is 0 Å². The summed E-state index contributed by atoms with van der Waals surface area (Å²) in [6.45, 7) is 10.8. The minimum Gasteiger partial charge on any atom is -0.419 e. The first-order chi connectivity index (χ1) is 13.0. The molecule has 142 valence electrons. The molecule has 0 spiro atoms. The van der Waals surface area contributed by atoms with Crippen molar-refractivity contribution >= 4 is 0 Å². The second kappa shape index (κ2) is 8.49. The van der Waals surface area contributed by atoms with Gasteiger partial charge in [0.15, 0.2) is 0 Å². The molecule has 0 aliphatic heterocycles. The van der Waals surface area contributed by atoms with Crippen molar-refractivity contribution in [3.63, 3.8) is 0 Å².